The molecule has 0 spiro atoms. The van der Waals surface area contributed by atoms with E-state index in [0.29, 0.717) is 35.0 Å². The highest BCUT2D eigenvalue weighted by Gasteiger charge is 2.22. The van der Waals surface area contributed by atoms with Crippen molar-refractivity contribution in [2.75, 3.05) is 7.11 Å². The summed E-state index contributed by atoms with van der Waals surface area (Å²) in [5, 5.41) is 10.9. The predicted octanol–water partition coefficient (Wildman–Crippen LogP) is 5.56. The fourth-order valence-corrected chi connectivity index (χ4v) is 4.22. The van der Waals surface area contributed by atoms with Crippen LogP contribution in [0.3, 0.4) is 0 Å². The molecule has 0 fully saturated rings. The van der Waals surface area contributed by atoms with E-state index >= 15 is 0 Å². The Hall–Kier alpha value is 0.0300. The largest absolute Gasteiger partial charge is 0.495 e. The maximum atomic E-state index is 10.5. The first kappa shape index (κ1) is 15.4. The summed E-state index contributed by atoms with van der Waals surface area (Å²) in [4.78, 5) is 0. The summed E-state index contributed by atoms with van der Waals surface area (Å²) in [6.45, 7) is 0. The van der Waals surface area contributed by atoms with Crippen LogP contribution in [-0.2, 0) is 0 Å². The Morgan fingerprint density at radius 2 is 1.89 bits per heavy atom. The molecule has 1 N–H and O–H groups in total. The highest BCUT2D eigenvalue weighted by molar-refractivity contribution is 9.10. The molecule has 2 nitrogen and oxygen atoms in total. The van der Waals surface area contributed by atoms with Crippen LogP contribution in [0.5, 0.6) is 5.75 Å². The number of aliphatic hydroxyl groups is 1. The first-order valence-electron chi connectivity index (χ1n) is 5.09. The van der Waals surface area contributed by atoms with Crippen molar-refractivity contribution in [3.8, 4) is 5.75 Å². The number of methoxy groups -OCH3 is 1. The van der Waals surface area contributed by atoms with E-state index in [-0.39, 0.29) is 0 Å². The molecule has 102 valence electrons. The molecule has 1 aromatic heterocycles. The highest BCUT2D eigenvalue weighted by atomic mass is 79.9. The normalized spacial score (nSPS) is 12.5. The minimum atomic E-state index is -0.957. The van der Waals surface area contributed by atoms with Crippen molar-refractivity contribution in [1.82, 2.24) is 0 Å². The molecule has 1 atom stereocenters. The van der Waals surface area contributed by atoms with Gasteiger partial charge in [0, 0.05) is 16.1 Å². The Labute approximate surface area is 138 Å². The molecule has 0 radical (unpaired) electrons. The number of ether oxygens (including phenoxy) is 1. The summed E-state index contributed by atoms with van der Waals surface area (Å²) in [5.41, 5.74) is 1.06. The van der Waals surface area contributed by atoms with Gasteiger partial charge in [0.25, 0.3) is 0 Å². The third kappa shape index (κ3) is 3.20. The van der Waals surface area contributed by atoms with Gasteiger partial charge < -0.3 is 9.84 Å². The topological polar surface area (TPSA) is 29.5 Å². The third-order valence-electron chi connectivity index (χ3n) is 2.51. The van der Waals surface area contributed by atoms with Gasteiger partial charge in [0.2, 0.25) is 0 Å². The SMILES string of the molecule is COc1c(Br)cc(Cl)cc1C(O)c1cc(Cl)sc1Cl. The minimum Gasteiger partial charge on any atom is -0.495 e. The summed E-state index contributed by atoms with van der Waals surface area (Å²) in [5.74, 6) is 0.510. The van der Waals surface area contributed by atoms with E-state index < -0.39 is 6.10 Å². The van der Waals surface area contributed by atoms with Crippen molar-refractivity contribution in [3.05, 3.63) is 47.5 Å². The second-order valence-electron chi connectivity index (χ2n) is 3.69. The van der Waals surface area contributed by atoms with Crippen molar-refractivity contribution >= 4 is 62.1 Å². The molecule has 0 saturated carbocycles. The molecule has 0 aliphatic carbocycles. The van der Waals surface area contributed by atoms with Gasteiger partial charge in [-0.15, -0.1) is 11.3 Å². The van der Waals surface area contributed by atoms with Gasteiger partial charge >= 0.3 is 0 Å². The fraction of sp³-hybridized carbons (Fsp3) is 0.167. The molecule has 1 aromatic carbocycles. The van der Waals surface area contributed by atoms with E-state index in [1.54, 1.807) is 18.2 Å². The number of hydrogen-bond donors (Lipinski definition) is 1. The molecule has 2 rings (SSSR count). The monoisotopic (exact) mass is 400 g/mol. The molecule has 0 saturated heterocycles. The van der Waals surface area contributed by atoms with Crippen molar-refractivity contribution in [1.29, 1.82) is 0 Å². The van der Waals surface area contributed by atoms with Gasteiger partial charge in [0.15, 0.2) is 0 Å². The number of hydrogen-bond acceptors (Lipinski definition) is 3. The standard InChI is InChI=1S/C12H8BrCl3O2S/c1-18-11-6(2-5(14)3-8(11)13)10(17)7-4-9(15)19-12(7)16/h2-4,10,17H,1H3. The molecule has 1 unspecified atom stereocenters. The van der Waals surface area contributed by atoms with Gasteiger partial charge in [0.1, 0.15) is 16.2 Å². The molecule has 19 heavy (non-hydrogen) atoms. The average molecular weight is 403 g/mol. The molecule has 0 bridgehead atoms. The molecule has 7 heteroatoms. The van der Waals surface area contributed by atoms with Crippen molar-refractivity contribution in [2.45, 2.75) is 6.10 Å². The van der Waals surface area contributed by atoms with Gasteiger partial charge in [0.05, 0.1) is 15.9 Å². The second kappa shape index (κ2) is 6.20. The number of halogens is 4. The zero-order valence-electron chi connectivity index (χ0n) is 9.58. The third-order valence-corrected chi connectivity index (χ3v) is 4.84. The number of rotatable bonds is 3. The van der Waals surface area contributed by atoms with Crippen LogP contribution in [0.25, 0.3) is 0 Å². The Balaban J connectivity index is 2.55. The van der Waals surface area contributed by atoms with E-state index in [0.717, 1.165) is 0 Å². The molecular formula is C12H8BrCl3O2S. The molecule has 1 heterocycles. The first-order chi connectivity index (χ1) is 8.93. The lowest BCUT2D eigenvalue weighted by Gasteiger charge is -2.16. The minimum absolute atomic E-state index is 0.440. The van der Waals surface area contributed by atoms with Crippen LogP contribution in [-0.4, -0.2) is 12.2 Å². The van der Waals surface area contributed by atoms with Crippen molar-refractivity contribution in [2.24, 2.45) is 0 Å². The maximum Gasteiger partial charge on any atom is 0.139 e. The molecule has 0 aliphatic heterocycles. The highest BCUT2D eigenvalue weighted by Crippen LogP contribution is 2.42. The average Bonchev–Trinajstić information content (AvgIpc) is 2.66. The lowest BCUT2D eigenvalue weighted by atomic mass is 10.0. The lowest BCUT2D eigenvalue weighted by Crippen LogP contribution is -2.02. The molecule has 0 aliphatic rings. The molecule has 2 aromatic rings. The van der Waals surface area contributed by atoms with E-state index in [2.05, 4.69) is 15.9 Å². The van der Waals surface area contributed by atoms with Gasteiger partial charge in [-0.1, -0.05) is 34.8 Å². The summed E-state index contributed by atoms with van der Waals surface area (Å²) in [7, 11) is 1.52. The molecule has 0 amide bonds. The zero-order valence-corrected chi connectivity index (χ0v) is 14.3. The quantitative estimate of drug-likeness (QED) is 0.728. The lowest BCUT2D eigenvalue weighted by molar-refractivity contribution is 0.215. The Morgan fingerprint density at radius 1 is 1.21 bits per heavy atom. The predicted molar refractivity (Wildman–Crippen MR) is 84.1 cm³/mol. The summed E-state index contributed by atoms with van der Waals surface area (Å²) < 4.78 is 6.90. The summed E-state index contributed by atoms with van der Waals surface area (Å²) >= 11 is 22.5. The fourth-order valence-electron chi connectivity index (χ4n) is 1.71. The van der Waals surface area contributed by atoms with Crippen LogP contribution in [0.2, 0.25) is 13.7 Å². The summed E-state index contributed by atoms with van der Waals surface area (Å²) in [6.07, 6.45) is -0.957. The van der Waals surface area contributed by atoms with E-state index in [1.807, 2.05) is 0 Å². The number of aliphatic hydroxyl groups excluding tert-OH is 1. The van der Waals surface area contributed by atoms with E-state index in [1.165, 1.54) is 18.4 Å². The van der Waals surface area contributed by atoms with Crippen LogP contribution < -0.4 is 4.74 Å². The van der Waals surface area contributed by atoms with Crippen LogP contribution in [0.1, 0.15) is 17.2 Å². The smallest absolute Gasteiger partial charge is 0.139 e. The number of benzene rings is 1. The second-order valence-corrected chi connectivity index (χ2v) is 7.27. The zero-order chi connectivity index (χ0) is 14.2. The van der Waals surface area contributed by atoms with E-state index in [4.69, 9.17) is 39.5 Å². The van der Waals surface area contributed by atoms with Gasteiger partial charge in [-0.05, 0) is 34.1 Å². The van der Waals surface area contributed by atoms with Gasteiger partial charge in [-0.2, -0.15) is 0 Å². The van der Waals surface area contributed by atoms with Crippen LogP contribution in [0.15, 0.2) is 22.7 Å². The Bertz CT molecular complexity index is 615. The molecular weight excluding hydrogens is 394 g/mol. The van der Waals surface area contributed by atoms with Crippen molar-refractivity contribution < 1.29 is 9.84 Å². The van der Waals surface area contributed by atoms with Gasteiger partial charge in [-0.25, -0.2) is 0 Å². The maximum absolute atomic E-state index is 10.5. The van der Waals surface area contributed by atoms with Crippen LogP contribution >= 0.6 is 62.1 Å². The van der Waals surface area contributed by atoms with Crippen molar-refractivity contribution in [3.63, 3.8) is 0 Å². The first-order valence-corrected chi connectivity index (χ1v) is 7.84. The summed E-state index contributed by atoms with van der Waals surface area (Å²) in [6, 6.07) is 4.96. The number of thiophene rings is 1. The Morgan fingerprint density at radius 3 is 2.42 bits per heavy atom. The Kier molecular flexibility index (Phi) is 5.04. The van der Waals surface area contributed by atoms with Gasteiger partial charge in [-0.3, -0.25) is 0 Å². The van der Waals surface area contributed by atoms with Crippen LogP contribution in [0.4, 0.5) is 0 Å². The van der Waals surface area contributed by atoms with Crippen LogP contribution in [0, 0.1) is 0 Å². The van der Waals surface area contributed by atoms with E-state index in [9.17, 15) is 5.11 Å².